The molecule has 106 valence electrons. The van der Waals surface area contributed by atoms with Crippen LogP contribution in [0.2, 0.25) is 0 Å². The zero-order valence-electron chi connectivity index (χ0n) is 12.6. The van der Waals surface area contributed by atoms with Crippen LogP contribution in [0.1, 0.15) is 75.2 Å². The molecule has 2 rings (SSSR count). The fourth-order valence-corrected chi connectivity index (χ4v) is 2.78. The van der Waals surface area contributed by atoms with Gasteiger partial charge in [-0.3, -0.25) is 4.90 Å². The first-order chi connectivity index (χ1) is 7.57. The number of fused-ring (bicyclic) bond motifs is 1. The molecule has 2 atom stereocenters. The minimum absolute atomic E-state index is 0. The first-order valence-corrected chi connectivity index (χ1v) is 7.32. The topological polar surface area (TPSA) is 3.24 Å². The average molecular weight is 243 g/mol. The third kappa shape index (κ3) is 5.42. The monoisotopic (exact) mass is 243 g/mol. The summed E-state index contributed by atoms with van der Waals surface area (Å²) in [7, 11) is 0. The first-order valence-electron chi connectivity index (χ1n) is 7.32. The van der Waals surface area contributed by atoms with Gasteiger partial charge in [0, 0.05) is 18.6 Å². The van der Waals surface area contributed by atoms with Gasteiger partial charge in [-0.1, -0.05) is 41.5 Å². The summed E-state index contributed by atoms with van der Waals surface area (Å²) in [6, 6.07) is 0. The molecule has 2 fully saturated rings. The Morgan fingerprint density at radius 2 is 1.18 bits per heavy atom. The Hall–Kier alpha value is -0.0400. The van der Waals surface area contributed by atoms with Gasteiger partial charge >= 0.3 is 0 Å². The van der Waals surface area contributed by atoms with Crippen LogP contribution < -0.4 is 0 Å². The molecule has 0 aromatic heterocycles. The van der Waals surface area contributed by atoms with E-state index in [0.29, 0.717) is 5.54 Å². The van der Waals surface area contributed by atoms with E-state index in [2.05, 4.69) is 25.7 Å². The maximum absolute atomic E-state index is 2.67. The van der Waals surface area contributed by atoms with Crippen molar-refractivity contribution in [3.63, 3.8) is 0 Å². The van der Waals surface area contributed by atoms with Gasteiger partial charge in [0.15, 0.2) is 0 Å². The second-order valence-electron chi connectivity index (χ2n) is 5.53. The molecule has 0 radical (unpaired) electrons. The van der Waals surface area contributed by atoms with Crippen molar-refractivity contribution in [3.8, 4) is 0 Å². The molecule has 1 saturated heterocycles. The van der Waals surface area contributed by atoms with Gasteiger partial charge in [0.05, 0.1) is 0 Å². The van der Waals surface area contributed by atoms with Gasteiger partial charge < -0.3 is 0 Å². The molecular weight excluding hydrogens is 206 g/mol. The van der Waals surface area contributed by atoms with E-state index in [1.54, 1.807) is 0 Å². The lowest BCUT2D eigenvalue weighted by atomic mass is 10.0. The van der Waals surface area contributed by atoms with Crippen LogP contribution in [-0.4, -0.2) is 23.5 Å². The minimum Gasteiger partial charge on any atom is -0.298 e. The standard InChI is InChI=1S/C11H21N.2C2H6.CH4/c1-11(2,3)12-7-9-5-4-6-10(9)8-12;2*1-2;/h9-10H,4-8H2,1-3H3;2*1-2H3;1H4. The van der Waals surface area contributed by atoms with Crippen molar-refractivity contribution in [2.45, 2.75) is 80.7 Å². The van der Waals surface area contributed by atoms with E-state index in [4.69, 9.17) is 0 Å². The highest BCUT2D eigenvalue weighted by molar-refractivity contribution is 4.92. The van der Waals surface area contributed by atoms with E-state index in [0.717, 1.165) is 11.8 Å². The van der Waals surface area contributed by atoms with E-state index in [-0.39, 0.29) is 7.43 Å². The molecule has 0 N–H and O–H groups in total. The van der Waals surface area contributed by atoms with Crippen molar-refractivity contribution < 1.29 is 0 Å². The highest BCUT2D eigenvalue weighted by Gasteiger charge is 2.39. The molecule has 0 spiro atoms. The van der Waals surface area contributed by atoms with E-state index < -0.39 is 0 Å². The molecule has 1 heteroatoms. The van der Waals surface area contributed by atoms with Gasteiger partial charge in [-0.15, -0.1) is 0 Å². The summed E-state index contributed by atoms with van der Waals surface area (Å²) in [5, 5.41) is 0. The van der Waals surface area contributed by atoms with Crippen LogP contribution in [0.15, 0.2) is 0 Å². The van der Waals surface area contributed by atoms with Crippen molar-refractivity contribution in [2.75, 3.05) is 13.1 Å². The second kappa shape index (κ2) is 8.97. The fraction of sp³-hybridized carbons (Fsp3) is 1.00. The number of rotatable bonds is 0. The summed E-state index contributed by atoms with van der Waals surface area (Å²) in [6.45, 7) is 17.8. The minimum atomic E-state index is 0. The van der Waals surface area contributed by atoms with Crippen molar-refractivity contribution in [1.82, 2.24) is 4.90 Å². The highest BCUT2D eigenvalue weighted by Crippen LogP contribution is 2.39. The Balaban J connectivity index is 0. The third-order valence-corrected chi connectivity index (χ3v) is 3.67. The second-order valence-corrected chi connectivity index (χ2v) is 5.53. The van der Waals surface area contributed by atoms with Crippen molar-refractivity contribution in [2.24, 2.45) is 11.8 Å². The van der Waals surface area contributed by atoms with E-state index >= 15 is 0 Å². The molecule has 1 aliphatic heterocycles. The average Bonchev–Trinajstić information content (AvgIpc) is 2.82. The lowest BCUT2D eigenvalue weighted by Gasteiger charge is -2.32. The Labute approximate surface area is 111 Å². The maximum atomic E-state index is 2.67. The van der Waals surface area contributed by atoms with Crippen LogP contribution in [0.25, 0.3) is 0 Å². The van der Waals surface area contributed by atoms with Crippen LogP contribution in [0.4, 0.5) is 0 Å². The van der Waals surface area contributed by atoms with Crippen LogP contribution in [0, 0.1) is 11.8 Å². The predicted octanol–water partition coefficient (Wildman–Crippen LogP) is 5.21. The largest absolute Gasteiger partial charge is 0.298 e. The predicted molar refractivity (Wildman–Crippen MR) is 81.6 cm³/mol. The molecule has 0 aromatic rings. The molecule has 0 bridgehead atoms. The summed E-state index contributed by atoms with van der Waals surface area (Å²) in [6.07, 6.45) is 4.49. The summed E-state index contributed by atoms with van der Waals surface area (Å²) in [5.74, 6) is 2.09. The molecule has 2 unspecified atom stereocenters. The molecule has 17 heavy (non-hydrogen) atoms. The Morgan fingerprint density at radius 3 is 1.47 bits per heavy atom. The van der Waals surface area contributed by atoms with Crippen LogP contribution in [0.3, 0.4) is 0 Å². The lowest BCUT2D eigenvalue weighted by molar-refractivity contribution is 0.161. The SMILES string of the molecule is C.CC.CC.CC(C)(C)N1CC2CCCC2C1. The van der Waals surface area contributed by atoms with Crippen molar-refractivity contribution >= 4 is 0 Å². The fourth-order valence-electron chi connectivity index (χ4n) is 2.78. The lowest BCUT2D eigenvalue weighted by Crippen LogP contribution is -2.39. The summed E-state index contributed by atoms with van der Waals surface area (Å²) < 4.78 is 0. The summed E-state index contributed by atoms with van der Waals surface area (Å²) in [4.78, 5) is 2.67. The van der Waals surface area contributed by atoms with Crippen molar-refractivity contribution in [1.29, 1.82) is 0 Å². The Morgan fingerprint density at radius 1 is 0.824 bits per heavy atom. The molecule has 1 nitrogen and oxygen atoms in total. The summed E-state index contributed by atoms with van der Waals surface area (Å²) in [5.41, 5.74) is 0.407. The molecule has 1 saturated carbocycles. The van der Waals surface area contributed by atoms with E-state index in [9.17, 15) is 0 Å². The smallest absolute Gasteiger partial charge is 0.0125 e. The zero-order chi connectivity index (χ0) is 12.8. The van der Waals surface area contributed by atoms with Crippen LogP contribution in [-0.2, 0) is 0 Å². The van der Waals surface area contributed by atoms with Crippen LogP contribution >= 0.6 is 0 Å². The number of nitrogens with zero attached hydrogens (tertiary/aromatic N) is 1. The third-order valence-electron chi connectivity index (χ3n) is 3.67. The molecule has 0 amide bonds. The normalized spacial score (nSPS) is 27.0. The van der Waals surface area contributed by atoms with Crippen molar-refractivity contribution in [3.05, 3.63) is 0 Å². The molecule has 0 aromatic carbocycles. The van der Waals surface area contributed by atoms with Gasteiger partial charge in [0.1, 0.15) is 0 Å². The van der Waals surface area contributed by atoms with E-state index in [1.807, 2.05) is 27.7 Å². The zero-order valence-corrected chi connectivity index (χ0v) is 12.6. The van der Waals surface area contributed by atoms with E-state index in [1.165, 1.54) is 32.4 Å². The number of hydrogen-bond acceptors (Lipinski definition) is 1. The highest BCUT2D eigenvalue weighted by atomic mass is 15.2. The maximum Gasteiger partial charge on any atom is 0.0125 e. The summed E-state index contributed by atoms with van der Waals surface area (Å²) >= 11 is 0. The van der Waals surface area contributed by atoms with Gasteiger partial charge in [-0.05, 0) is 45.4 Å². The molecular formula is C16H37N. The van der Waals surface area contributed by atoms with Gasteiger partial charge in [0.2, 0.25) is 0 Å². The van der Waals surface area contributed by atoms with Gasteiger partial charge in [-0.25, -0.2) is 0 Å². The number of likely N-dealkylation sites (tertiary alicyclic amines) is 1. The van der Waals surface area contributed by atoms with Gasteiger partial charge in [-0.2, -0.15) is 0 Å². The Bertz CT molecular complexity index is 157. The first kappa shape index (κ1) is 19.3. The van der Waals surface area contributed by atoms with Gasteiger partial charge in [0.25, 0.3) is 0 Å². The molecule has 1 heterocycles. The Kier molecular flexibility index (Phi) is 10.2. The quantitative estimate of drug-likeness (QED) is 0.565. The number of hydrogen-bond donors (Lipinski definition) is 0. The molecule has 1 aliphatic carbocycles. The van der Waals surface area contributed by atoms with Crippen LogP contribution in [0.5, 0.6) is 0 Å². The molecule has 2 aliphatic rings.